The normalized spacial score (nSPS) is 10.8. The first-order chi connectivity index (χ1) is 13.2. The number of halogens is 1. The van der Waals surface area contributed by atoms with Gasteiger partial charge in [0, 0.05) is 11.0 Å². The van der Waals surface area contributed by atoms with Crippen molar-refractivity contribution in [1.82, 2.24) is 5.32 Å². The Hall–Kier alpha value is -2.65. The van der Waals surface area contributed by atoms with Crippen LogP contribution in [0.3, 0.4) is 0 Å². The fraction of sp³-hybridized carbons (Fsp3) is 0.158. The maximum atomic E-state index is 12.5. The first kappa shape index (κ1) is 21.6. The van der Waals surface area contributed by atoms with E-state index in [-0.39, 0.29) is 23.7 Å². The van der Waals surface area contributed by atoms with Crippen molar-refractivity contribution in [1.29, 1.82) is 0 Å². The summed E-state index contributed by atoms with van der Waals surface area (Å²) in [5.41, 5.74) is 0.909. The zero-order valence-corrected chi connectivity index (χ0v) is 17.6. The second-order valence-electron chi connectivity index (χ2n) is 5.84. The lowest BCUT2D eigenvalue weighted by molar-refractivity contribution is -0.114. The van der Waals surface area contributed by atoms with E-state index in [2.05, 4.69) is 33.1 Å². The highest BCUT2D eigenvalue weighted by atomic mass is 79.9. The van der Waals surface area contributed by atoms with Crippen LogP contribution >= 0.6 is 15.9 Å². The molecule has 0 aliphatic heterocycles. The number of benzene rings is 2. The molecule has 9 heteroatoms. The van der Waals surface area contributed by atoms with Crippen molar-refractivity contribution in [3.8, 4) is 0 Å². The molecule has 7 nitrogen and oxygen atoms in total. The highest BCUT2D eigenvalue weighted by Gasteiger charge is 2.22. The molecule has 0 unspecified atom stereocenters. The molecule has 0 radical (unpaired) electrons. The van der Waals surface area contributed by atoms with Crippen LogP contribution in [0.5, 0.6) is 0 Å². The molecule has 0 saturated carbocycles. The van der Waals surface area contributed by atoms with Gasteiger partial charge in [-0.05, 0) is 30.3 Å². The molecule has 148 valence electrons. The number of hydrogen-bond acceptors (Lipinski definition) is 4. The average Bonchev–Trinajstić information content (AvgIpc) is 2.63. The van der Waals surface area contributed by atoms with E-state index in [1.54, 1.807) is 54.6 Å². The van der Waals surface area contributed by atoms with Crippen molar-refractivity contribution < 1.29 is 18.0 Å². The molecule has 2 aromatic carbocycles. The zero-order valence-electron chi connectivity index (χ0n) is 15.2. The van der Waals surface area contributed by atoms with Crippen LogP contribution in [0.4, 0.5) is 11.4 Å². The van der Waals surface area contributed by atoms with E-state index in [1.165, 1.54) is 0 Å². The minimum atomic E-state index is -3.70. The molecule has 0 fully saturated rings. The molecule has 0 heterocycles. The lowest BCUT2D eigenvalue weighted by atomic mass is 10.1. The predicted octanol–water partition coefficient (Wildman–Crippen LogP) is 2.77. The number of amides is 2. The number of nitrogens with one attached hydrogen (secondary N) is 2. The van der Waals surface area contributed by atoms with E-state index in [0.29, 0.717) is 10.2 Å². The molecule has 0 spiro atoms. The second kappa shape index (κ2) is 9.52. The van der Waals surface area contributed by atoms with Crippen LogP contribution in [-0.4, -0.2) is 39.6 Å². The van der Waals surface area contributed by atoms with Crippen LogP contribution in [0, 0.1) is 0 Å². The molecule has 28 heavy (non-hydrogen) atoms. The number of anilines is 2. The molecule has 2 rings (SSSR count). The smallest absolute Gasteiger partial charge is 0.253 e. The van der Waals surface area contributed by atoms with Gasteiger partial charge in [0.15, 0.2) is 0 Å². The first-order valence-corrected chi connectivity index (χ1v) is 10.9. The molecular formula is C19H20BrN3O4S. The number of carbonyl (C=O) groups is 2. The number of rotatable bonds is 8. The van der Waals surface area contributed by atoms with Gasteiger partial charge in [-0.15, -0.1) is 6.58 Å². The molecule has 0 bridgehead atoms. The predicted molar refractivity (Wildman–Crippen MR) is 114 cm³/mol. The van der Waals surface area contributed by atoms with Crippen LogP contribution < -0.4 is 14.9 Å². The van der Waals surface area contributed by atoms with Gasteiger partial charge in [-0.25, -0.2) is 8.42 Å². The maximum absolute atomic E-state index is 12.5. The van der Waals surface area contributed by atoms with Crippen molar-refractivity contribution in [3.05, 3.63) is 71.2 Å². The summed E-state index contributed by atoms with van der Waals surface area (Å²) in [6, 6.07) is 13.1. The van der Waals surface area contributed by atoms with Gasteiger partial charge < -0.3 is 10.6 Å². The Kier molecular flexibility index (Phi) is 7.36. The van der Waals surface area contributed by atoms with Crippen molar-refractivity contribution in [2.24, 2.45) is 0 Å². The van der Waals surface area contributed by atoms with Crippen LogP contribution in [-0.2, 0) is 14.8 Å². The number of hydrogen-bond donors (Lipinski definition) is 2. The van der Waals surface area contributed by atoms with Crippen LogP contribution in [0.25, 0.3) is 0 Å². The topological polar surface area (TPSA) is 95.6 Å². The van der Waals surface area contributed by atoms with Gasteiger partial charge in [0.25, 0.3) is 5.91 Å². The summed E-state index contributed by atoms with van der Waals surface area (Å²) >= 11 is 3.29. The van der Waals surface area contributed by atoms with Crippen molar-refractivity contribution in [3.63, 3.8) is 0 Å². The molecule has 2 aromatic rings. The maximum Gasteiger partial charge on any atom is 0.253 e. The first-order valence-electron chi connectivity index (χ1n) is 8.23. The highest BCUT2D eigenvalue weighted by molar-refractivity contribution is 9.10. The summed E-state index contributed by atoms with van der Waals surface area (Å²) in [7, 11) is -3.70. The van der Waals surface area contributed by atoms with Gasteiger partial charge in [0.1, 0.15) is 6.54 Å². The quantitative estimate of drug-likeness (QED) is 0.585. The fourth-order valence-corrected chi connectivity index (χ4v) is 3.64. The van der Waals surface area contributed by atoms with E-state index in [4.69, 9.17) is 0 Å². The van der Waals surface area contributed by atoms with E-state index in [1.807, 2.05) is 0 Å². The Morgan fingerprint density at radius 3 is 2.54 bits per heavy atom. The SMILES string of the molecule is C=CCNC(=O)c1ccccc1NC(=O)CN(c1cccc(Br)c1)S(C)(=O)=O. The zero-order chi connectivity index (χ0) is 20.7. The van der Waals surface area contributed by atoms with Crippen molar-refractivity contribution >= 4 is 49.1 Å². The molecule has 2 N–H and O–H groups in total. The minimum absolute atomic E-state index is 0.270. The van der Waals surface area contributed by atoms with Gasteiger partial charge in [-0.2, -0.15) is 0 Å². The van der Waals surface area contributed by atoms with E-state index >= 15 is 0 Å². The van der Waals surface area contributed by atoms with Crippen LogP contribution in [0.2, 0.25) is 0 Å². The number of para-hydroxylation sites is 1. The van der Waals surface area contributed by atoms with E-state index in [9.17, 15) is 18.0 Å². The summed E-state index contributed by atoms with van der Waals surface area (Å²) < 4.78 is 26.0. The Morgan fingerprint density at radius 1 is 1.18 bits per heavy atom. The third-order valence-corrected chi connectivity index (χ3v) is 5.27. The van der Waals surface area contributed by atoms with Crippen molar-refractivity contribution in [2.75, 3.05) is 29.0 Å². The van der Waals surface area contributed by atoms with E-state index < -0.39 is 22.5 Å². The van der Waals surface area contributed by atoms with Gasteiger partial charge in [-0.1, -0.05) is 40.2 Å². The molecule has 2 amide bonds. The molecule has 0 saturated heterocycles. The van der Waals surface area contributed by atoms with Crippen LogP contribution in [0.1, 0.15) is 10.4 Å². The highest BCUT2D eigenvalue weighted by Crippen LogP contribution is 2.22. The second-order valence-corrected chi connectivity index (χ2v) is 8.66. The van der Waals surface area contributed by atoms with Gasteiger partial charge in [-0.3, -0.25) is 13.9 Å². The largest absolute Gasteiger partial charge is 0.349 e. The fourth-order valence-electron chi connectivity index (χ4n) is 2.40. The summed E-state index contributed by atoms with van der Waals surface area (Å²) in [5, 5.41) is 5.25. The summed E-state index contributed by atoms with van der Waals surface area (Å²) in [6.07, 6.45) is 2.57. The third kappa shape index (κ3) is 5.93. The third-order valence-electron chi connectivity index (χ3n) is 3.64. The lowest BCUT2D eigenvalue weighted by Crippen LogP contribution is -2.37. The lowest BCUT2D eigenvalue weighted by Gasteiger charge is -2.22. The molecule has 0 atom stereocenters. The number of carbonyl (C=O) groups excluding carboxylic acids is 2. The molecular weight excluding hydrogens is 446 g/mol. The van der Waals surface area contributed by atoms with Crippen LogP contribution in [0.15, 0.2) is 65.7 Å². The number of sulfonamides is 1. The monoisotopic (exact) mass is 465 g/mol. The summed E-state index contributed by atoms with van der Waals surface area (Å²) in [5.74, 6) is -0.947. The van der Waals surface area contributed by atoms with E-state index in [0.717, 1.165) is 10.6 Å². The summed E-state index contributed by atoms with van der Waals surface area (Å²) in [4.78, 5) is 24.8. The van der Waals surface area contributed by atoms with Gasteiger partial charge in [0.2, 0.25) is 15.9 Å². The number of nitrogens with zero attached hydrogens (tertiary/aromatic N) is 1. The Balaban J connectivity index is 2.22. The molecule has 0 aliphatic carbocycles. The average molecular weight is 466 g/mol. The van der Waals surface area contributed by atoms with Crippen molar-refractivity contribution in [2.45, 2.75) is 0 Å². The standard InChI is InChI=1S/C19H20BrN3O4S/c1-3-11-21-19(25)16-9-4-5-10-17(16)22-18(24)13-23(28(2,26)27)15-8-6-7-14(20)12-15/h3-10,12H,1,11,13H2,2H3,(H,21,25)(H,22,24). The van der Waals surface area contributed by atoms with Gasteiger partial charge >= 0.3 is 0 Å². The molecule has 0 aliphatic rings. The Morgan fingerprint density at radius 2 is 1.89 bits per heavy atom. The summed E-state index contributed by atoms with van der Waals surface area (Å²) in [6.45, 7) is 3.39. The Labute approximate surface area is 172 Å². The Bertz CT molecular complexity index is 992. The van der Waals surface area contributed by atoms with Gasteiger partial charge in [0.05, 0.1) is 23.2 Å². The minimum Gasteiger partial charge on any atom is -0.349 e. The molecule has 0 aromatic heterocycles.